The third kappa shape index (κ3) is 5.70. The summed E-state index contributed by atoms with van der Waals surface area (Å²) in [6.07, 6.45) is 1.92. The molecule has 8 nitrogen and oxygen atoms in total. The fraction of sp³-hybridized carbons (Fsp3) is 0.333. The molecule has 0 unspecified atom stereocenters. The van der Waals surface area contributed by atoms with Crippen LogP contribution in [-0.4, -0.2) is 39.8 Å². The van der Waals surface area contributed by atoms with Gasteiger partial charge in [-0.3, -0.25) is 20.4 Å². The van der Waals surface area contributed by atoms with Crippen LogP contribution in [0.25, 0.3) is 0 Å². The molecule has 30 heavy (non-hydrogen) atoms. The van der Waals surface area contributed by atoms with Gasteiger partial charge in [-0.2, -0.15) is 0 Å². The molecule has 9 heteroatoms. The number of halogens is 1. The van der Waals surface area contributed by atoms with Crippen LogP contribution >= 0.6 is 11.6 Å². The van der Waals surface area contributed by atoms with Gasteiger partial charge in [0.25, 0.3) is 11.8 Å². The van der Waals surface area contributed by atoms with Crippen molar-refractivity contribution in [3.63, 3.8) is 0 Å². The molecule has 0 aliphatic rings. The van der Waals surface area contributed by atoms with E-state index in [0.717, 1.165) is 12.8 Å². The molecule has 0 heterocycles. The Morgan fingerprint density at radius 1 is 0.867 bits per heavy atom. The third-order valence-electron chi connectivity index (χ3n) is 4.17. The van der Waals surface area contributed by atoms with Crippen molar-refractivity contribution in [3.05, 3.63) is 46.5 Å². The van der Waals surface area contributed by atoms with Gasteiger partial charge in [0.05, 0.1) is 33.0 Å². The zero-order chi connectivity index (χ0) is 22.1. The largest absolute Gasteiger partial charge is 0.493 e. The fourth-order valence-electron chi connectivity index (χ4n) is 2.56. The minimum Gasteiger partial charge on any atom is -0.493 e. The minimum absolute atomic E-state index is 0.190. The maximum atomic E-state index is 12.4. The number of amides is 2. The van der Waals surface area contributed by atoms with E-state index < -0.39 is 11.8 Å². The van der Waals surface area contributed by atoms with Crippen molar-refractivity contribution in [1.29, 1.82) is 0 Å². The molecule has 0 fully saturated rings. The molecule has 0 saturated heterocycles. The summed E-state index contributed by atoms with van der Waals surface area (Å²) in [6.45, 7) is 2.63. The van der Waals surface area contributed by atoms with Gasteiger partial charge in [0.2, 0.25) is 0 Å². The van der Waals surface area contributed by atoms with E-state index in [9.17, 15) is 9.59 Å². The molecule has 0 bridgehead atoms. The lowest BCUT2D eigenvalue weighted by Gasteiger charge is -2.13. The van der Waals surface area contributed by atoms with E-state index >= 15 is 0 Å². The second kappa shape index (κ2) is 11.2. The number of ether oxygens (including phenoxy) is 4. The summed E-state index contributed by atoms with van der Waals surface area (Å²) < 4.78 is 21.3. The monoisotopic (exact) mass is 436 g/mol. The SMILES string of the molecule is CCCCOc1ccc(C(=O)NNC(=O)c2cc(Cl)c(OC)c(OC)c2)cc1OC. The number of hydrazine groups is 1. The Kier molecular flexibility index (Phi) is 8.61. The number of benzene rings is 2. The molecule has 162 valence electrons. The average molecular weight is 437 g/mol. The minimum atomic E-state index is -0.572. The maximum absolute atomic E-state index is 12.4. The van der Waals surface area contributed by atoms with Gasteiger partial charge in [-0.15, -0.1) is 0 Å². The Bertz CT molecular complexity index is 903. The number of nitrogens with one attached hydrogen (secondary N) is 2. The quantitative estimate of drug-likeness (QED) is 0.460. The molecule has 0 atom stereocenters. The van der Waals surface area contributed by atoms with Crippen molar-refractivity contribution in [2.45, 2.75) is 19.8 Å². The van der Waals surface area contributed by atoms with Gasteiger partial charge in [-0.25, -0.2) is 0 Å². The molecule has 0 aliphatic carbocycles. The maximum Gasteiger partial charge on any atom is 0.269 e. The molecule has 0 aliphatic heterocycles. The Balaban J connectivity index is 2.06. The van der Waals surface area contributed by atoms with E-state index in [1.54, 1.807) is 12.1 Å². The van der Waals surface area contributed by atoms with Crippen LogP contribution in [0.15, 0.2) is 30.3 Å². The number of hydrogen-bond donors (Lipinski definition) is 2. The summed E-state index contributed by atoms with van der Waals surface area (Å²) in [6, 6.07) is 7.64. The van der Waals surface area contributed by atoms with Gasteiger partial charge in [0, 0.05) is 11.1 Å². The van der Waals surface area contributed by atoms with Crippen LogP contribution in [-0.2, 0) is 0 Å². The highest BCUT2D eigenvalue weighted by atomic mass is 35.5. The highest BCUT2D eigenvalue weighted by Gasteiger charge is 2.17. The van der Waals surface area contributed by atoms with Crippen LogP contribution in [0.1, 0.15) is 40.5 Å². The number of carbonyl (C=O) groups excluding carboxylic acids is 2. The van der Waals surface area contributed by atoms with E-state index in [-0.39, 0.29) is 10.6 Å². The average Bonchev–Trinajstić information content (AvgIpc) is 2.76. The first-order valence-corrected chi connectivity index (χ1v) is 9.65. The highest BCUT2D eigenvalue weighted by Crippen LogP contribution is 2.36. The topological polar surface area (TPSA) is 95.1 Å². The first-order chi connectivity index (χ1) is 14.4. The predicted octanol–water partition coefficient (Wildman–Crippen LogP) is 3.62. The third-order valence-corrected chi connectivity index (χ3v) is 4.45. The van der Waals surface area contributed by atoms with Gasteiger partial charge in [0.1, 0.15) is 0 Å². The summed E-state index contributed by atoms with van der Waals surface area (Å²) in [7, 11) is 4.37. The molecule has 0 aromatic heterocycles. The lowest BCUT2D eigenvalue weighted by atomic mass is 10.2. The Hall–Kier alpha value is -3.13. The summed E-state index contributed by atoms with van der Waals surface area (Å²) in [5.41, 5.74) is 5.18. The number of rotatable bonds is 9. The molecule has 2 aromatic carbocycles. The number of hydrogen-bond acceptors (Lipinski definition) is 6. The Morgan fingerprint density at radius 2 is 1.50 bits per heavy atom. The molecule has 2 aromatic rings. The second-order valence-corrected chi connectivity index (χ2v) is 6.58. The van der Waals surface area contributed by atoms with Gasteiger partial charge < -0.3 is 18.9 Å². The summed E-state index contributed by atoms with van der Waals surface area (Å²) in [5, 5.41) is 0.205. The molecule has 2 rings (SSSR count). The number of carbonyl (C=O) groups is 2. The molecular formula is C21H25ClN2O6. The number of methoxy groups -OCH3 is 3. The van der Waals surface area contributed by atoms with Crippen molar-refractivity contribution >= 4 is 23.4 Å². The van der Waals surface area contributed by atoms with Crippen molar-refractivity contribution < 1.29 is 28.5 Å². The second-order valence-electron chi connectivity index (χ2n) is 6.17. The Morgan fingerprint density at radius 3 is 2.10 bits per heavy atom. The van der Waals surface area contributed by atoms with Crippen LogP contribution in [0.2, 0.25) is 5.02 Å². The first kappa shape index (κ1) is 23.2. The molecule has 0 spiro atoms. The van der Waals surface area contributed by atoms with E-state index in [1.807, 2.05) is 0 Å². The van der Waals surface area contributed by atoms with Gasteiger partial charge in [-0.05, 0) is 36.8 Å². The molecule has 2 N–H and O–H groups in total. The zero-order valence-corrected chi connectivity index (χ0v) is 18.1. The van der Waals surface area contributed by atoms with Crippen molar-refractivity contribution in [3.8, 4) is 23.0 Å². The molecule has 0 saturated carbocycles. The van der Waals surface area contributed by atoms with Crippen LogP contribution in [0.4, 0.5) is 0 Å². The zero-order valence-electron chi connectivity index (χ0n) is 17.3. The van der Waals surface area contributed by atoms with Gasteiger partial charge in [-0.1, -0.05) is 24.9 Å². The standard InChI is InChI=1S/C21H25ClN2O6/c1-5-6-9-30-16-8-7-13(11-17(16)27-2)20(25)23-24-21(26)14-10-15(22)19(29-4)18(12-14)28-3/h7-8,10-12H,5-6,9H2,1-4H3,(H,23,25)(H,24,26). The summed E-state index contributed by atoms with van der Waals surface area (Å²) in [4.78, 5) is 24.8. The summed E-state index contributed by atoms with van der Waals surface area (Å²) in [5.74, 6) is 0.493. The van der Waals surface area contributed by atoms with E-state index in [4.69, 9.17) is 30.5 Å². The molecular weight excluding hydrogens is 412 g/mol. The van der Waals surface area contributed by atoms with E-state index in [0.29, 0.717) is 35.2 Å². The van der Waals surface area contributed by atoms with Crippen LogP contribution < -0.4 is 29.8 Å². The molecule has 2 amide bonds. The van der Waals surface area contributed by atoms with Gasteiger partial charge >= 0.3 is 0 Å². The Labute approximate surface area is 180 Å². The number of unbranched alkanes of at least 4 members (excludes halogenated alkanes) is 1. The lowest BCUT2D eigenvalue weighted by molar-refractivity contribution is 0.0846. The smallest absolute Gasteiger partial charge is 0.269 e. The molecule has 0 radical (unpaired) electrons. The van der Waals surface area contributed by atoms with Crippen LogP contribution in [0.5, 0.6) is 23.0 Å². The van der Waals surface area contributed by atoms with E-state index in [1.165, 1.54) is 39.5 Å². The van der Waals surface area contributed by atoms with Crippen molar-refractivity contribution in [1.82, 2.24) is 10.9 Å². The predicted molar refractivity (Wildman–Crippen MR) is 113 cm³/mol. The van der Waals surface area contributed by atoms with E-state index in [2.05, 4.69) is 17.8 Å². The van der Waals surface area contributed by atoms with Crippen LogP contribution in [0, 0.1) is 0 Å². The van der Waals surface area contributed by atoms with Crippen LogP contribution in [0.3, 0.4) is 0 Å². The summed E-state index contributed by atoms with van der Waals surface area (Å²) >= 11 is 6.11. The lowest BCUT2D eigenvalue weighted by Crippen LogP contribution is -2.41. The normalized spacial score (nSPS) is 10.2. The van der Waals surface area contributed by atoms with Crippen molar-refractivity contribution in [2.24, 2.45) is 0 Å². The fourth-order valence-corrected chi connectivity index (χ4v) is 2.85. The van der Waals surface area contributed by atoms with Crippen molar-refractivity contribution in [2.75, 3.05) is 27.9 Å². The van der Waals surface area contributed by atoms with Gasteiger partial charge in [0.15, 0.2) is 23.0 Å². The first-order valence-electron chi connectivity index (χ1n) is 9.28. The highest BCUT2D eigenvalue weighted by molar-refractivity contribution is 6.32.